The molecule has 0 spiro atoms. The molecule has 0 radical (unpaired) electrons. The Bertz CT molecular complexity index is 696. The minimum absolute atomic E-state index is 0.966. The zero-order valence-electron chi connectivity index (χ0n) is 8.52. The second-order valence-electron chi connectivity index (χ2n) is 3.57. The highest BCUT2D eigenvalue weighted by atomic mass is 127. The van der Waals surface area contributed by atoms with Crippen LogP contribution >= 0.6 is 49.9 Å². The average molecular weight is 417 g/mol. The third-order valence-electron chi connectivity index (χ3n) is 2.45. The zero-order valence-corrected chi connectivity index (χ0v) is 13.1. The highest BCUT2D eigenvalue weighted by molar-refractivity contribution is 14.1. The standard InChI is InChI=1S/C12H6BrIN2S/c13-10-4-3-7-5-9(2-1-8(7)6-10)11-15-16-12(14)17-11/h1-6H. The maximum Gasteiger partial charge on any atom is 0.178 e. The lowest BCUT2D eigenvalue weighted by molar-refractivity contribution is 1.07. The van der Waals surface area contributed by atoms with Crippen molar-refractivity contribution in [3.05, 3.63) is 43.9 Å². The van der Waals surface area contributed by atoms with E-state index >= 15 is 0 Å². The van der Waals surface area contributed by atoms with Crippen molar-refractivity contribution in [2.75, 3.05) is 0 Å². The highest BCUT2D eigenvalue weighted by Crippen LogP contribution is 2.28. The SMILES string of the molecule is Brc1ccc2cc(-c3nnc(I)s3)ccc2c1. The third-order valence-corrected chi connectivity index (χ3v) is 4.58. The van der Waals surface area contributed by atoms with Crippen LogP contribution in [0.2, 0.25) is 0 Å². The van der Waals surface area contributed by atoms with Gasteiger partial charge in [-0.05, 0) is 51.6 Å². The van der Waals surface area contributed by atoms with E-state index < -0.39 is 0 Å². The molecule has 1 aromatic heterocycles. The first-order valence-corrected chi connectivity index (χ1v) is 7.60. The van der Waals surface area contributed by atoms with Gasteiger partial charge in [0.05, 0.1) is 0 Å². The molecular weight excluding hydrogens is 411 g/mol. The number of hydrogen-bond acceptors (Lipinski definition) is 3. The van der Waals surface area contributed by atoms with E-state index in [0.29, 0.717) is 0 Å². The molecule has 2 nitrogen and oxygen atoms in total. The maximum absolute atomic E-state index is 4.16. The molecule has 0 N–H and O–H groups in total. The van der Waals surface area contributed by atoms with Crippen LogP contribution in [0.1, 0.15) is 0 Å². The molecular formula is C12H6BrIN2S. The topological polar surface area (TPSA) is 25.8 Å². The predicted octanol–water partition coefficient (Wildman–Crippen LogP) is 4.73. The fourth-order valence-corrected chi connectivity index (χ4v) is 3.35. The molecule has 3 rings (SSSR count). The van der Waals surface area contributed by atoms with Gasteiger partial charge < -0.3 is 0 Å². The average Bonchev–Trinajstić information content (AvgIpc) is 2.75. The van der Waals surface area contributed by atoms with Crippen LogP contribution in [0.5, 0.6) is 0 Å². The summed E-state index contributed by atoms with van der Waals surface area (Å²) in [4.78, 5) is 0. The molecule has 0 saturated carbocycles. The van der Waals surface area contributed by atoms with E-state index in [0.717, 1.165) is 18.1 Å². The summed E-state index contributed by atoms with van der Waals surface area (Å²) in [7, 11) is 0. The molecule has 0 saturated heterocycles. The summed E-state index contributed by atoms with van der Waals surface area (Å²) in [6.45, 7) is 0. The summed E-state index contributed by atoms with van der Waals surface area (Å²) in [5, 5.41) is 11.6. The fraction of sp³-hybridized carbons (Fsp3) is 0. The molecule has 84 valence electrons. The van der Waals surface area contributed by atoms with Gasteiger partial charge in [-0.2, -0.15) is 0 Å². The van der Waals surface area contributed by atoms with Gasteiger partial charge in [-0.25, -0.2) is 0 Å². The summed E-state index contributed by atoms with van der Waals surface area (Å²) < 4.78 is 2.07. The van der Waals surface area contributed by atoms with Crippen LogP contribution in [0.4, 0.5) is 0 Å². The minimum Gasteiger partial charge on any atom is -0.137 e. The van der Waals surface area contributed by atoms with Gasteiger partial charge in [-0.1, -0.05) is 45.5 Å². The quantitative estimate of drug-likeness (QED) is 0.536. The minimum atomic E-state index is 0.966. The Balaban J connectivity index is 2.16. The van der Waals surface area contributed by atoms with Crippen LogP contribution in [0.25, 0.3) is 21.3 Å². The molecule has 2 aromatic carbocycles. The highest BCUT2D eigenvalue weighted by Gasteiger charge is 2.05. The Morgan fingerprint density at radius 1 is 1.00 bits per heavy atom. The fourth-order valence-electron chi connectivity index (χ4n) is 1.67. The Hall–Kier alpha value is -0.530. The number of nitrogens with zero attached hydrogens (tertiary/aromatic N) is 2. The van der Waals surface area contributed by atoms with Crippen molar-refractivity contribution in [1.82, 2.24) is 10.2 Å². The van der Waals surface area contributed by atoms with Gasteiger partial charge in [-0.3, -0.25) is 0 Å². The van der Waals surface area contributed by atoms with Gasteiger partial charge >= 0.3 is 0 Å². The van der Waals surface area contributed by atoms with E-state index in [2.05, 4.69) is 85.1 Å². The van der Waals surface area contributed by atoms with Crippen molar-refractivity contribution in [3.8, 4) is 10.6 Å². The van der Waals surface area contributed by atoms with E-state index in [4.69, 9.17) is 0 Å². The Morgan fingerprint density at radius 2 is 1.76 bits per heavy atom. The van der Waals surface area contributed by atoms with Crippen LogP contribution in [0.3, 0.4) is 0 Å². The van der Waals surface area contributed by atoms with Gasteiger partial charge in [0.25, 0.3) is 0 Å². The lowest BCUT2D eigenvalue weighted by Crippen LogP contribution is -1.78. The van der Waals surface area contributed by atoms with Crippen LogP contribution in [-0.4, -0.2) is 10.2 Å². The van der Waals surface area contributed by atoms with Crippen molar-refractivity contribution in [3.63, 3.8) is 0 Å². The molecule has 0 bridgehead atoms. The van der Waals surface area contributed by atoms with Crippen molar-refractivity contribution in [2.45, 2.75) is 0 Å². The summed E-state index contributed by atoms with van der Waals surface area (Å²) >= 11 is 7.27. The van der Waals surface area contributed by atoms with E-state index in [1.54, 1.807) is 11.3 Å². The van der Waals surface area contributed by atoms with E-state index in [1.165, 1.54) is 10.8 Å². The largest absolute Gasteiger partial charge is 0.178 e. The molecule has 0 atom stereocenters. The normalized spacial score (nSPS) is 10.9. The second-order valence-corrected chi connectivity index (χ2v) is 7.21. The lowest BCUT2D eigenvalue weighted by Gasteiger charge is -2.01. The number of rotatable bonds is 1. The van der Waals surface area contributed by atoms with E-state index in [-0.39, 0.29) is 0 Å². The summed E-state index contributed by atoms with van der Waals surface area (Å²) in [5.41, 5.74) is 1.13. The second kappa shape index (κ2) is 4.62. The Labute approximate surface area is 124 Å². The third kappa shape index (κ3) is 2.36. The van der Waals surface area contributed by atoms with Gasteiger partial charge in [0, 0.05) is 10.0 Å². The summed E-state index contributed by atoms with van der Waals surface area (Å²) in [6, 6.07) is 12.6. The number of benzene rings is 2. The van der Waals surface area contributed by atoms with Crippen molar-refractivity contribution in [1.29, 1.82) is 0 Å². The number of hydrogen-bond donors (Lipinski definition) is 0. The number of fused-ring (bicyclic) bond motifs is 1. The molecule has 0 aliphatic carbocycles. The predicted molar refractivity (Wildman–Crippen MR) is 83.3 cm³/mol. The molecule has 5 heteroatoms. The van der Waals surface area contributed by atoms with Crippen molar-refractivity contribution >= 4 is 60.6 Å². The lowest BCUT2D eigenvalue weighted by atomic mass is 10.1. The van der Waals surface area contributed by atoms with E-state index in [1.807, 2.05) is 0 Å². The first-order valence-electron chi connectivity index (χ1n) is 4.91. The molecule has 0 amide bonds. The van der Waals surface area contributed by atoms with Crippen LogP contribution in [-0.2, 0) is 0 Å². The molecule has 0 fully saturated rings. The molecule has 0 aliphatic heterocycles. The molecule has 0 aliphatic rings. The Kier molecular flexibility index (Phi) is 3.14. The maximum atomic E-state index is 4.16. The molecule has 1 heterocycles. The van der Waals surface area contributed by atoms with Crippen LogP contribution < -0.4 is 0 Å². The monoisotopic (exact) mass is 416 g/mol. The molecule has 17 heavy (non-hydrogen) atoms. The summed E-state index contributed by atoms with van der Waals surface area (Å²) in [6.07, 6.45) is 0. The van der Waals surface area contributed by atoms with Crippen molar-refractivity contribution in [2.24, 2.45) is 0 Å². The summed E-state index contributed by atoms with van der Waals surface area (Å²) in [5.74, 6) is 0. The van der Waals surface area contributed by atoms with Gasteiger partial charge in [-0.15, -0.1) is 10.2 Å². The van der Waals surface area contributed by atoms with Gasteiger partial charge in [0.1, 0.15) is 5.01 Å². The van der Waals surface area contributed by atoms with Crippen LogP contribution in [0.15, 0.2) is 40.9 Å². The number of halogens is 2. The first-order chi connectivity index (χ1) is 8.22. The van der Waals surface area contributed by atoms with Crippen molar-refractivity contribution < 1.29 is 0 Å². The molecule has 0 unspecified atom stereocenters. The Morgan fingerprint density at radius 3 is 2.53 bits per heavy atom. The first kappa shape index (κ1) is 11.6. The van der Waals surface area contributed by atoms with E-state index in [9.17, 15) is 0 Å². The molecule has 3 aromatic rings. The zero-order chi connectivity index (χ0) is 11.8. The smallest absolute Gasteiger partial charge is 0.137 e. The van der Waals surface area contributed by atoms with Gasteiger partial charge in [0.15, 0.2) is 3.01 Å². The van der Waals surface area contributed by atoms with Gasteiger partial charge in [0.2, 0.25) is 0 Å². The van der Waals surface area contributed by atoms with Crippen LogP contribution in [0, 0.1) is 3.01 Å². The number of aromatic nitrogens is 2.